The number of ether oxygens (including phenoxy) is 1. The highest BCUT2D eigenvalue weighted by atomic mass is 16.6. The lowest BCUT2D eigenvalue weighted by molar-refractivity contribution is -0.279. The van der Waals surface area contributed by atoms with E-state index in [0.717, 1.165) is 0 Å². The van der Waals surface area contributed by atoms with Gasteiger partial charge in [0.25, 0.3) is 0 Å². The Balaban J connectivity index is 0. The maximum atomic E-state index is 10.4. The second-order valence-corrected chi connectivity index (χ2v) is 2.76. The predicted octanol–water partition coefficient (Wildman–Crippen LogP) is -4.78. The van der Waals surface area contributed by atoms with Gasteiger partial charge in [0, 0.05) is 0 Å². The third kappa shape index (κ3) is 3.07. The fraction of sp³-hybridized carbons (Fsp3) is 0.833. The Bertz CT molecular complexity index is 207. The van der Waals surface area contributed by atoms with Crippen LogP contribution in [0.5, 0.6) is 0 Å². The fourth-order valence-electron chi connectivity index (χ4n) is 1.07. The summed E-state index contributed by atoms with van der Waals surface area (Å²) in [5.41, 5.74) is 0. The van der Waals surface area contributed by atoms with Gasteiger partial charge in [-0.3, -0.25) is 0 Å². The van der Waals surface area contributed by atoms with E-state index in [-0.39, 0.29) is 11.0 Å². The first-order chi connectivity index (χ1) is 5.95. The van der Waals surface area contributed by atoms with E-state index in [1.54, 1.807) is 0 Å². The molecule has 15 heavy (non-hydrogen) atoms. The van der Waals surface area contributed by atoms with Gasteiger partial charge < -0.3 is 41.2 Å². The van der Waals surface area contributed by atoms with Crippen LogP contribution in [-0.4, -0.2) is 73.2 Å². The van der Waals surface area contributed by atoms with Crippen LogP contribution in [0.1, 0.15) is 0 Å². The fourth-order valence-corrected chi connectivity index (χ4v) is 1.07. The summed E-state index contributed by atoms with van der Waals surface area (Å²) in [4.78, 5) is 10.4. The number of carboxylic acids is 1. The summed E-state index contributed by atoms with van der Waals surface area (Å²) in [5, 5.41) is 44.4. The molecule has 9 N–H and O–H groups in total. The van der Waals surface area contributed by atoms with Crippen molar-refractivity contribution in [1.82, 2.24) is 0 Å². The number of aliphatic carboxylic acids is 1. The monoisotopic (exact) mass is 230 g/mol. The minimum absolute atomic E-state index is 0. The molecule has 1 fully saturated rings. The average Bonchev–Trinajstić information content (AvgIpc) is 2.07. The van der Waals surface area contributed by atoms with Gasteiger partial charge in [0.15, 0.2) is 12.4 Å². The Hall–Kier alpha value is -0.810. The zero-order chi connectivity index (χ0) is 10.2. The highest BCUT2D eigenvalue weighted by Crippen LogP contribution is 2.19. The summed E-state index contributed by atoms with van der Waals surface area (Å²) < 4.78 is 4.34. The Labute approximate surface area is 83.8 Å². The first-order valence-electron chi connectivity index (χ1n) is 3.55. The summed E-state index contributed by atoms with van der Waals surface area (Å²) in [7, 11) is 0. The standard InChI is InChI=1S/C6H10O7.2H2O/c7-1-2(8)4(5(10)11)13-6(12)3(1)9;;/h1-4,6-9,12H,(H,10,11);2*1H2/t1-,2-,3+,4-,6+;;/m0../s1. The highest BCUT2D eigenvalue weighted by molar-refractivity contribution is 5.73. The molecule has 1 saturated heterocycles. The van der Waals surface area contributed by atoms with Crippen LogP contribution in [-0.2, 0) is 9.53 Å². The molecule has 0 spiro atoms. The summed E-state index contributed by atoms with van der Waals surface area (Å²) in [6, 6.07) is 0. The minimum atomic E-state index is -1.81. The number of carboxylic acid groups (broad SMARTS) is 1. The Morgan fingerprint density at radius 1 is 0.933 bits per heavy atom. The molecule has 0 unspecified atom stereocenters. The van der Waals surface area contributed by atoms with Gasteiger partial charge in [0.1, 0.15) is 18.3 Å². The lowest BCUT2D eigenvalue weighted by Gasteiger charge is -2.36. The largest absolute Gasteiger partial charge is 0.479 e. The third-order valence-electron chi connectivity index (χ3n) is 1.83. The van der Waals surface area contributed by atoms with Gasteiger partial charge in [0.2, 0.25) is 0 Å². The second kappa shape index (κ2) is 5.92. The normalized spacial score (nSPS) is 39.9. The first kappa shape index (κ1) is 16.6. The van der Waals surface area contributed by atoms with E-state index in [1.165, 1.54) is 0 Å². The molecule has 1 aliphatic rings. The Morgan fingerprint density at radius 3 is 1.80 bits per heavy atom. The Kier molecular flexibility index (Phi) is 6.56. The van der Waals surface area contributed by atoms with E-state index in [0.29, 0.717) is 0 Å². The topological polar surface area (TPSA) is 190 Å². The van der Waals surface area contributed by atoms with Gasteiger partial charge >= 0.3 is 5.97 Å². The Morgan fingerprint density at radius 2 is 1.40 bits per heavy atom. The van der Waals surface area contributed by atoms with Crippen LogP contribution in [0.3, 0.4) is 0 Å². The number of aliphatic hydroxyl groups excluding tert-OH is 4. The van der Waals surface area contributed by atoms with Gasteiger partial charge in [-0.2, -0.15) is 0 Å². The summed E-state index contributed by atoms with van der Waals surface area (Å²) in [6.07, 6.45) is -8.72. The summed E-state index contributed by atoms with van der Waals surface area (Å²) in [6.45, 7) is 0. The van der Waals surface area contributed by atoms with E-state index in [2.05, 4.69) is 4.74 Å². The van der Waals surface area contributed by atoms with Crippen LogP contribution < -0.4 is 0 Å². The molecule has 1 heterocycles. The van der Waals surface area contributed by atoms with E-state index in [1.807, 2.05) is 0 Å². The van der Waals surface area contributed by atoms with Crippen LogP contribution in [0.4, 0.5) is 0 Å². The molecular weight excluding hydrogens is 216 g/mol. The molecule has 0 aliphatic carbocycles. The number of hydrogen-bond donors (Lipinski definition) is 5. The minimum Gasteiger partial charge on any atom is -0.479 e. The van der Waals surface area contributed by atoms with Crippen molar-refractivity contribution in [3.8, 4) is 0 Å². The molecule has 1 aliphatic heterocycles. The molecule has 9 heteroatoms. The van der Waals surface area contributed by atoms with Crippen molar-refractivity contribution in [1.29, 1.82) is 0 Å². The average molecular weight is 230 g/mol. The number of aliphatic hydroxyl groups is 4. The number of carbonyl (C=O) groups is 1. The molecule has 0 aromatic carbocycles. The summed E-state index contributed by atoms with van der Waals surface area (Å²) in [5.74, 6) is -1.52. The first-order valence-corrected chi connectivity index (χ1v) is 3.55. The van der Waals surface area contributed by atoms with E-state index in [4.69, 9.17) is 25.5 Å². The smallest absolute Gasteiger partial charge is 0.335 e. The van der Waals surface area contributed by atoms with Crippen molar-refractivity contribution in [2.45, 2.75) is 30.7 Å². The second-order valence-electron chi connectivity index (χ2n) is 2.76. The van der Waals surface area contributed by atoms with Gasteiger partial charge in [-0.05, 0) is 0 Å². The van der Waals surface area contributed by atoms with Crippen molar-refractivity contribution >= 4 is 5.97 Å². The van der Waals surface area contributed by atoms with E-state index >= 15 is 0 Å². The third-order valence-corrected chi connectivity index (χ3v) is 1.83. The molecule has 0 bridgehead atoms. The maximum absolute atomic E-state index is 10.4. The van der Waals surface area contributed by atoms with Crippen molar-refractivity contribution in [2.75, 3.05) is 0 Å². The van der Waals surface area contributed by atoms with E-state index < -0.39 is 36.7 Å². The van der Waals surface area contributed by atoms with Gasteiger partial charge in [-0.1, -0.05) is 0 Å². The maximum Gasteiger partial charge on any atom is 0.335 e. The molecule has 92 valence electrons. The molecular formula is C6H14O9. The van der Waals surface area contributed by atoms with Crippen LogP contribution in [0.15, 0.2) is 0 Å². The lowest BCUT2D eigenvalue weighted by Crippen LogP contribution is -2.59. The highest BCUT2D eigenvalue weighted by Gasteiger charge is 2.46. The molecule has 5 atom stereocenters. The van der Waals surface area contributed by atoms with Crippen LogP contribution >= 0.6 is 0 Å². The van der Waals surface area contributed by atoms with Crippen molar-refractivity contribution in [3.63, 3.8) is 0 Å². The van der Waals surface area contributed by atoms with Crippen molar-refractivity contribution in [3.05, 3.63) is 0 Å². The SMILES string of the molecule is O.O.O=C(O)[C@H]1O[C@@H](O)[C@H](O)[C@@H](O)[C@@H]1O. The van der Waals surface area contributed by atoms with E-state index in [9.17, 15) is 4.79 Å². The zero-order valence-electron chi connectivity index (χ0n) is 7.44. The van der Waals surface area contributed by atoms with Crippen LogP contribution in [0, 0.1) is 0 Å². The quantitative estimate of drug-likeness (QED) is 0.298. The molecule has 1 rings (SSSR count). The van der Waals surface area contributed by atoms with Crippen molar-refractivity contribution in [2.24, 2.45) is 0 Å². The number of rotatable bonds is 1. The molecule has 0 aromatic heterocycles. The van der Waals surface area contributed by atoms with Crippen LogP contribution in [0.25, 0.3) is 0 Å². The molecule has 9 nitrogen and oxygen atoms in total. The molecule has 0 amide bonds. The van der Waals surface area contributed by atoms with Crippen LogP contribution in [0.2, 0.25) is 0 Å². The molecule has 0 radical (unpaired) electrons. The van der Waals surface area contributed by atoms with Gasteiger partial charge in [-0.15, -0.1) is 0 Å². The lowest BCUT2D eigenvalue weighted by atomic mass is 9.99. The predicted molar refractivity (Wildman–Crippen MR) is 43.8 cm³/mol. The molecule has 0 aromatic rings. The summed E-state index contributed by atoms with van der Waals surface area (Å²) >= 11 is 0. The molecule has 0 saturated carbocycles. The van der Waals surface area contributed by atoms with Crippen molar-refractivity contribution < 1.29 is 46.0 Å². The zero-order valence-corrected chi connectivity index (χ0v) is 7.44. The number of hydrogen-bond acceptors (Lipinski definition) is 6. The van der Waals surface area contributed by atoms with Gasteiger partial charge in [-0.25, -0.2) is 4.79 Å². The van der Waals surface area contributed by atoms with Gasteiger partial charge in [0.05, 0.1) is 0 Å².